The van der Waals surface area contributed by atoms with Gasteiger partial charge in [0.05, 0.1) is 36.6 Å². The van der Waals surface area contributed by atoms with E-state index >= 15 is 0 Å². The molecule has 32 heavy (non-hydrogen) atoms. The van der Waals surface area contributed by atoms with Crippen LogP contribution in [0.3, 0.4) is 0 Å². The number of sulfone groups is 1. The fourth-order valence-electron chi connectivity index (χ4n) is 3.50. The number of anilines is 1. The van der Waals surface area contributed by atoms with E-state index in [0.717, 1.165) is 12.8 Å². The molecular formula is C23H25N3O5S. The van der Waals surface area contributed by atoms with Crippen molar-refractivity contribution < 1.29 is 22.7 Å². The molecular weight excluding hydrogens is 430 g/mol. The third kappa shape index (κ3) is 4.62. The van der Waals surface area contributed by atoms with Crippen LogP contribution >= 0.6 is 0 Å². The molecule has 0 saturated heterocycles. The van der Waals surface area contributed by atoms with Crippen molar-refractivity contribution in [3.05, 3.63) is 65.4 Å². The predicted octanol–water partition coefficient (Wildman–Crippen LogP) is 3.74. The summed E-state index contributed by atoms with van der Waals surface area (Å²) < 4.78 is 36.7. The molecule has 2 aromatic carbocycles. The summed E-state index contributed by atoms with van der Waals surface area (Å²) in [6.07, 6.45) is 2.01. The minimum absolute atomic E-state index is 0.141. The smallest absolute Gasteiger partial charge is 0.256 e. The molecule has 4 rings (SSSR count). The van der Waals surface area contributed by atoms with Crippen molar-refractivity contribution >= 4 is 21.6 Å². The first-order valence-corrected chi connectivity index (χ1v) is 12.2. The van der Waals surface area contributed by atoms with Crippen molar-refractivity contribution in [3.63, 3.8) is 0 Å². The third-order valence-electron chi connectivity index (χ3n) is 5.22. The lowest BCUT2D eigenvalue weighted by Crippen LogP contribution is -2.17. The van der Waals surface area contributed by atoms with Gasteiger partial charge in [0, 0.05) is 11.1 Å². The highest BCUT2D eigenvalue weighted by atomic mass is 32.2. The highest BCUT2D eigenvalue weighted by molar-refractivity contribution is 7.90. The SMILES string of the molecule is CCCCOc1ccc(C(=O)Nc2c3c(nn2-c2ccc(OC)cc2)CS(=O)(=O)C3)cc1. The Kier molecular flexibility index (Phi) is 6.18. The van der Waals surface area contributed by atoms with E-state index in [9.17, 15) is 13.2 Å². The van der Waals surface area contributed by atoms with Gasteiger partial charge in [-0.2, -0.15) is 5.10 Å². The number of amides is 1. The standard InChI is InChI=1S/C23H25N3O5S/c1-3-4-13-31-19-9-5-16(6-10-19)23(27)24-22-20-14-32(28,29)15-21(20)25-26(22)17-7-11-18(30-2)12-8-17/h5-12H,3-4,13-15H2,1-2H3,(H,24,27). The largest absolute Gasteiger partial charge is 0.497 e. The van der Waals surface area contributed by atoms with E-state index in [0.29, 0.717) is 46.4 Å². The van der Waals surface area contributed by atoms with E-state index in [1.807, 2.05) is 0 Å². The van der Waals surface area contributed by atoms with Crippen LogP contribution in [0.1, 0.15) is 41.4 Å². The summed E-state index contributed by atoms with van der Waals surface area (Å²) in [5.74, 6) is 1.09. The Morgan fingerprint density at radius 3 is 2.41 bits per heavy atom. The van der Waals surface area contributed by atoms with Gasteiger partial charge in [0.2, 0.25) is 0 Å². The van der Waals surface area contributed by atoms with Gasteiger partial charge in [0.25, 0.3) is 5.91 Å². The van der Waals surface area contributed by atoms with Crippen molar-refractivity contribution in [3.8, 4) is 17.2 Å². The normalized spacial score (nSPS) is 14.1. The summed E-state index contributed by atoms with van der Waals surface area (Å²) >= 11 is 0. The molecule has 1 N–H and O–H groups in total. The number of unbranched alkanes of at least 4 members (excludes halogenated alkanes) is 1. The molecule has 0 aliphatic carbocycles. The average molecular weight is 456 g/mol. The first-order valence-electron chi connectivity index (χ1n) is 10.4. The summed E-state index contributed by atoms with van der Waals surface area (Å²) in [6.45, 7) is 2.72. The van der Waals surface area contributed by atoms with Crippen molar-refractivity contribution in [2.45, 2.75) is 31.3 Å². The number of hydrogen-bond donors (Lipinski definition) is 1. The number of carbonyl (C=O) groups is 1. The van der Waals surface area contributed by atoms with Crippen LogP contribution in [0, 0.1) is 0 Å². The number of fused-ring (bicyclic) bond motifs is 1. The molecule has 8 nitrogen and oxygen atoms in total. The molecule has 0 fully saturated rings. The summed E-state index contributed by atoms with van der Waals surface area (Å²) in [4.78, 5) is 13.0. The summed E-state index contributed by atoms with van der Waals surface area (Å²) in [5, 5.41) is 7.35. The van der Waals surface area contributed by atoms with E-state index in [1.54, 1.807) is 60.3 Å². The van der Waals surface area contributed by atoms with Crippen molar-refractivity contribution in [2.24, 2.45) is 0 Å². The molecule has 2 heterocycles. The molecule has 9 heteroatoms. The molecule has 168 valence electrons. The summed E-state index contributed by atoms with van der Waals surface area (Å²) in [5.41, 5.74) is 2.10. The van der Waals surface area contributed by atoms with E-state index in [-0.39, 0.29) is 17.4 Å². The van der Waals surface area contributed by atoms with Crippen LogP contribution in [0.2, 0.25) is 0 Å². The number of nitrogens with zero attached hydrogens (tertiary/aromatic N) is 2. The monoisotopic (exact) mass is 455 g/mol. The maximum absolute atomic E-state index is 13.0. The number of methoxy groups -OCH3 is 1. The van der Waals surface area contributed by atoms with E-state index in [4.69, 9.17) is 9.47 Å². The number of ether oxygens (including phenoxy) is 2. The molecule has 0 radical (unpaired) electrons. The number of aromatic nitrogens is 2. The number of rotatable bonds is 8. The zero-order valence-electron chi connectivity index (χ0n) is 18.0. The van der Waals surface area contributed by atoms with Crippen LogP contribution in [0.15, 0.2) is 48.5 Å². The number of nitrogens with one attached hydrogen (secondary N) is 1. The fraction of sp³-hybridized carbons (Fsp3) is 0.304. The Labute approximate surface area is 187 Å². The van der Waals surface area contributed by atoms with Crippen molar-refractivity contribution in [1.29, 1.82) is 0 Å². The molecule has 0 bridgehead atoms. The Bertz CT molecular complexity index is 1220. The highest BCUT2D eigenvalue weighted by Gasteiger charge is 2.33. The number of hydrogen-bond acceptors (Lipinski definition) is 6. The van der Waals surface area contributed by atoms with Crippen molar-refractivity contribution in [1.82, 2.24) is 9.78 Å². The lowest BCUT2D eigenvalue weighted by molar-refractivity contribution is 0.102. The first kappa shape index (κ1) is 21.9. The molecule has 3 aromatic rings. The Balaban J connectivity index is 1.61. The summed E-state index contributed by atoms with van der Waals surface area (Å²) in [7, 11) is -1.70. The predicted molar refractivity (Wildman–Crippen MR) is 121 cm³/mol. The van der Waals surface area contributed by atoms with Gasteiger partial charge in [-0.05, 0) is 55.0 Å². The molecule has 0 spiro atoms. The van der Waals surface area contributed by atoms with Crippen LogP contribution in [0.4, 0.5) is 5.82 Å². The van der Waals surface area contributed by atoms with Gasteiger partial charge in [0.1, 0.15) is 17.3 Å². The lowest BCUT2D eigenvalue weighted by atomic mass is 10.2. The Morgan fingerprint density at radius 1 is 1.06 bits per heavy atom. The van der Waals surface area contributed by atoms with E-state index in [2.05, 4.69) is 17.3 Å². The second kappa shape index (κ2) is 9.04. The van der Waals surface area contributed by atoms with Crippen LogP contribution in [0.25, 0.3) is 5.69 Å². The molecule has 0 saturated carbocycles. The van der Waals surface area contributed by atoms with Gasteiger partial charge in [-0.15, -0.1) is 0 Å². The van der Waals surface area contributed by atoms with E-state index in [1.165, 1.54) is 0 Å². The van der Waals surface area contributed by atoms with Crippen molar-refractivity contribution in [2.75, 3.05) is 19.0 Å². The van der Waals surface area contributed by atoms with Crippen LogP contribution < -0.4 is 14.8 Å². The zero-order chi connectivity index (χ0) is 22.7. The maximum atomic E-state index is 13.0. The van der Waals surface area contributed by atoms with Crippen LogP contribution in [-0.2, 0) is 21.3 Å². The van der Waals surface area contributed by atoms with Gasteiger partial charge in [-0.3, -0.25) is 4.79 Å². The minimum atomic E-state index is -3.28. The van der Waals surface area contributed by atoms with E-state index < -0.39 is 9.84 Å². The van der Waals surface area contributed by atoms with Gasteiger partial charge >= 0.3 is 0 Å². The lowest BCUT2D eigenvalue weighted by Gasteiger charge is -2.12. The third-order valence-corrected chi connectivity index (χ3v) is 6.66. The average Bonchev–Trinajstić information content (AvgIpc) is 3.26. The van der Waals surface area contributed by atoms with Crippen LogP contribution in [0.5, 0.6) is 11.5 Å². The fourth-order valence-corrected chi connectivity index (χ4v) is 4.99. The number of benzene rings is 2. The quantitative estimate of drug-likeness (QED) is 0.520. The van der Waals surface area contributed by atoms with Gasteiger partial charge in [-0.25, -0.2) is 13.1 Å². The van der Waals surface area contributed by atoms with Crippen LogP contribution in [-0.4, -0.2) is 37.8 Å². The molecule has 1 aliphatic heterocycles. The van der Waals surface area contributed by atoms with Gasteiger partial charge in [0.15, 0.2) is 9.84 Å². The van der Waals surface area contributed by atoms with Gasteiger partial charge < -0.3 is 14.8 Å². The molecule has 1 aliphatic rings. The summed E-state index contributed by atoms with van der Waals surface area (Å²) in [6, 6.07) is 14.0. The second-order valence-corrected chi connectivity index (χ2v) is 9.66. The van der Waals surface area contributed by atoms with Gasteiger partial charge in [-0.1, -0.05) is 13.3 Å². The maximum Gasteiger partial charge on any atom is 0.256 e. The zero-order valence-corrected chi connectivity index (χ0v) is 18.8. The topological polar surface area (TPSA) is 99.5 Å². The second-order valence-electron chi connectivity index (χ2n) is 7.60. The molecule has 0 atom stereocenters. The molecule has 0 unspecified atom stereocenters. The number of carbonyl (C=O) groups excluding carboxylic acids is 1. The minimum Gasteiger partial charge on any atom is -0.497 e. The Morgan fingerprint density at radius 2 is 1.75 bits per heavy atom. The molecule has 1 aromatic heterocycles. The first-order chi connectivity index (χ1) is 15.4. The highest BCUT2D eigenvalue weighted by Crippen LogP contribution is 2.33. The Hall–Kier alpha value is -3.33. The molecule has 1 amide bonds.